The number of fused-ring (bicyclic) bond motifs is 1. The van der Waals surface area contributed by atoms with Gasteiger partial charge < -0.3 is 20.5 Å². The second-order valence-electron chi connectivity index (χ2n) is 4.84. The smallest absolute Gasteiger partial charge is 0.258 e. The fraction of sp³-hybridized carbons (Fsp3) is 0.267. The molecule has 1 unspecified atom stereocenters. The van der Waals surface area contributed by atoms with E-state index in [0.29, 0.717) is 17.4 Å². The molecule has 1 aromatic carbocycles. The number of phenols is 1. The van der Waals surface area contributed by atoms with Crippen LogP contribution in [0, 0.1) is 0 Å². The lowest BCUT2D eigenvalue weighted by Crippen LogP contribution is -2.44. The van der Waals surface area contributed by atoms with Crippen LogP contribution in [0.2, 0.25) is 0 Å². The fourth-order valence-electron chi connectivity index (χ4n) is 2.51. The Morgan fingerprint density at radius 3 is 2.81 bits per heavy atom. The maximum atomic E-state index is 12.4. The van der Waals surface area contributed by atoms with Crippen molar-refractivity contribution < 1.29 is 19.5 Å². The highest BCUT2D eigenvalue weighted by Gasteiger charge is 2.37. The lowest BCUT2D eigenvalue weighted by Gasteiger charge is -2.24. The van der Waals surface area contributed by atoms with Gasteiger partial charge in [-0.05, 0) is 12.0 Å². The monoisotopic (exact) mass is 288 g/mol. The number of phenolic OH excluding ortho intramolecular Hbond substituents is 1. The minimum absolute atomic E-state index is 0.137. The Hall–Kier alpha value is -2.63. The molecule has 0 aliphatic carbocycles. The zero-order valence-electron chi connectivity index (χ0n) is 11.4. The largest absolute Gasteiger partial charge is 0.506 e. The van der Waals surface area contributed by atoms with Crippen LogP contribution >= 0.6 is 0 Å². The Labute approximate surface area is 121 Å². The molecule has 0 spiro atoms. The number of benzene rings is 1. The molecule has 0 bridgehead atoms. The minimum atomic E-state index is -0.860. The minimum Gasteiger partial charge on any atom is -0.506 e. The van der Waals surface area contributed by atoms with Crippen LogP contribution in [0.15, 0.2) is 18.7 Å². The third-order valence-electron chi connectivity index (χ3n) is 3.59. The summed E-state index contributed by atoms with van der Waals surface area (Å²) < 4.78 is 0. The topological polar surface area (TPSA) is 101 Å². The van der Waals surface area contributed by atoms with Crippen molar-refractivity contribution in [3.05, 3.63) is 35.4 Å². The standard InChI is InChI=1S/C15H16N2O4/c1-2-9-5-6-10-8-17(15(21)12(10)13(9)19)11(14(16)20)4-3-7-18/h2,5-7,11,19H,1,3-4,8H2,(H2,16,20). The summed E-state index contributed by atoms with van der Waals surface area (Å²) in [5.74, 6) is -1.27. The second kappa shape index (κ2) is 5.78. The van der Waals surface area contributed by atoms with E-state index in [9.17, 15) is 19.5 Å². The van der Waals surface area contributed by atoms with E-state index < -0.39 is 17.9 Å². The van der Waals surface area contributed by atoms with Crippen LogP contribution in [0.3, 0.4) is 0 Å². The molecule has 3 N–H and O–H groups in total. The SMILES string of the molecule is C=Cc1ccc2c(c1O)C(=O)N(C(CCC=O)C(N)=O)C2. The highest BCUT2D eigenvalue weighted by Crippen LogP contribution is 2.35. The molecule has 0 aromatic heterocycles. The van der Waals surface area contributed by atoms with Crippen molar-refractivity contribution in [3.8, 4) is 5.75 Å². The molecule has 1 aromatic rings. The van der Waals surface area contributed by atoms with E-state index in [-0.39, 0.29) is 30.7 Å². The molecule has 21 heavy (non-hydrogen) atoms. The summed E-state index contributed by atoms with van der Waals surface area (Å²) in [5, 5.41) is 10.1. The fourth-order valence-corrected chi connectivity index (χ4v) is 2.51. The van der Waals surface area contributed by atoms with Crippen LogP contribution in [-0.4, -0.2) is 34.1 Å². The zero-order valence-corrected chi connectivity index (χ0v) is 11.4. The number of aromatic hydroxyl groups is 1. The number of aldehydes is 1. The molecule has 1 aliphatic heterocycles. The molecule has 1 atom stereocenters. The predicted octanol–water partition coefficient (Wildman–Crippen LogP) is 0.824. The number of nitrogens with two attached hydrogens (primary N) is 1. The number of hydrogen-bond acceptors (Lipinski definition) is 4. The van der Waals surface area contributed by atoms with Crippen LogP contribution in [0.4, 0.5) is 0 Å². The van der Waals surface area contributed by atoms with Crippen molar-refractivity contribution in [2.24, 2.45) is 5.73 Å². The maximum Gasteiger partial charge on any atom is 0.258 e. The summed E-state index contributed by atoms with van der Waals surface area (Å²) in [4.78, 5) is 35.7. The van der Waals surface area contributed by atoms with Gasteiger partial charge in [0.1, 0.15) is 18.1 Å². The first-order chi connectivity index (χ1) is 10.0. The van der Waals surface area contributed by atoms with Crippen LogP contribution < -0.4 is 5.73 Å². The van der Waals surface area contributed by atoms with Crippen molar-refractivity contribution in [2.75, 3.05) is 0 Å². The second-order valence-corrected chi connectivity index (χ2v) is 4.84. The summed E-state index contributed by atoms with van der Waals surface area (Å²) in [6, 6.07) is 2.51. The number of amides is 2. The number of primary amides is 1. The van der Waals surface area contributed by atoms with Gasteiger partial charge in [-0.1, -0.05) is 24.8 Å². The van der Waals surface area contributed by atoms with Gasteiger partial charge in [0.15, 0.2) is 0 Å². The maximum absolute atomic E-state index is 12.4. The molecule has 0 saturated carbocycles. The Morgan fingerprint density at radius 1 is 1.52 bits per heavy atom. The molecule has 110 valence electrons. The van der Waals surface area contributed by atoms with E-state index in [1.165, 1.54) is 11.0 Å². The lowest BCUT2D eigenvalue weighted by atomic mass is 10.0. The van der Waals surface area contributed by atoms with E-state index in [0.717, 1.165) is 0 Å². The van der Waals surface area contributed by atoms with Gasteiger partial charge in [-0.2, -0.15) is 0 Å². The summed E-state index contributed by atoms with van der Waals surface area (Å²) in [6.45, 7) is 3.75. The summed E-state index contributed by atoms with van der Waals surface area (Å²) in [6.07, 6.45) is 2.44. The van der Waals surface area contributed by atoms with Gasteiger partial charge in [0.25, 0.3) is 5.91 Å². The predicted molar refractivity (Wildman–Crippen MR) is 76.4 cm³/mol. The van der Waals surface area contributed by atoms with Gasteiger partial charge in [0.05, 0.1) is 5.56 Å². The normalized spacial score (nSPS) is 14.7. The Morgan fingerprint density at radius 2 is 2.24 bits per heavy atom. The first kappa shape index (κ1) is 14.8. The first-order valence-corrected chi connectivity index (χ1v) is 6.52. The highest BCUT2D eigenvalue weighted by molar-refractivity contribution is 6.04. The third kappa shape index (κ3) is 2.52. The Kier molecular flexibility index (Phi) is 4.07. The van der Waals surface area contributed by atoms with Crippen LogP contribution in [0.5, 0.6) is 5.75 Å². The van der Waals surface area contributed by atoms with E-state index in [2.05, 4.69) is 6.58 Å². The molecule has 6 heteroatoms. The molecule has 2 amide bonds. The first-order valence-electron chi connectivity index (χ1n) is 6.52. The van der Waals surface area contributed by atoms with Crippen molar-refractivity contribution in [1.29, 1.82) is 0 Å². The van der Waals surface area contributed by atoms with Gasteiger partial charge in [-0.3, -0.25) is 9.59 Å². The number of carbonyl (C=O) groups is 3. The molecule has 0 radical (unpaired) electrons. The quantitative estimate of drug-likeness (QED) is 0.757. The summed E-state index contributed by atoms with van der Waals surface area (Å²) in [5.41, 5.74) is 6.57. The number of nitrogens with zero attached hydrogens (tertiary/aromatic N) is 1. The van der Waals surface area contributed by atoms with E-state index in [1.54, 1.807) is 12.1 Å². The molecular formula is C15H16N2O4. The van der Waals surface area contributed by atoms with E-state index >= 15 is 0 Å². The van der Waals surface area contributed by atoms with Crippen LogP contribution in [-0.2, 0) is 16.1 Å². The number of rotatable bonds is 6. The third-order valence-corrected chi connectivity index (χ3v) is 3.59. The molecule has 0 saturated heterocycles. The molecule has 2 rings (SSSR count). The van der Waals surface area contributed by atoms with Gasteiger partial charge in [-0.25, -0.2) is 0 Å². The van der Waals surface area contributed by atoms with Crippen molar-refractivity contribution >= 4 is 24.2 Å². The molecule has 0 fully saturated rings. The zero-order chi connectivity index (χ0) is 15.6. The summed E-state index contributed by atoms with van der Waals surface area (Å²) in [7, 11) is 0. The molecular weight excluding hydrogens is 272 g/mol. The molecule has 1 heterocycles. The molecule has 1 aliphatic rings. The Balaban J connectivity index is 2.36. The molecule has 6 nitrogen and oxygen atoms in total. The number of hydrogen-bond donors (Lipinski definition) is 2. The van der Waals surface area contributed by atoms with Crippen molar-refractivity contribution in [2.45, 2.75) is 25.4 Å². The van der Waals surface area contributed by atoms with Gasteiger partial charge in [-0.15, -0.1) is 0 Å². The summed E-state index contributed by atoms with van der Waals surface area (Å²) >= 11 is 0. The van der Waals surface area contributed by atoms with Crippen molar-refractivity contribution in [3.63, 3.8) is 0 Å². The highest BCUT2D eigenvalue weighted by atomic mass is 16.3. The van der Waals surface area contributed by atoms with E-state index in [1.807, 2.05) is 0 Å². The van der Waals surface area contributed by atoms with Gasteiger partial charge >= 0.3 is 0 Å². The van der Waals surface area contributed by atoms with Crippen LogP contribution in [0.25, 0.3) is 6.08 Å². The van der Waals surface area contributed by atoms with Gasteiger partial charge in [0, 0.05) is 18.5 Å². The number of carbonyl (C=O) groups excluding carboxylic acids is 3. The average Bonchev–Trinajstić information content (AvgIpc) is 2.77. The van der Waals surface area contributed by atoms with Gasteiger partial charge in [0.2, 0.25) is 5.91 Å². The van der Waals surface area contributed by atoms with E-state index in [4.69, 9.17) is 5.73 Å². The lowest BCUT2D eigenvalue weighted by molar-refractivity contribution is -0.122. The average molecular weight is 288 g/mol. The van der Waals surface area contributed by atoms with Crippen molar-refractivity contribution in [1.82, 2.24) is 4.90 Å². The van der Waals surface area contributed by atoms with Crippen LogP contribution in [0.1, 0.15) is 34.3 Å². The Bertz CT molecular complexity index is 624.